The molecule has 0 spiro atoms. The molecule has 0 amide bonds. The predicted octanol–water partition coefficient (Wildman–Crippen LogP) is 1.44. The van der Waals surface area contributed by atoms with Crippen LogP contribution in [0.1, 0.15) is 26.7 Å². The van der Waals surface area contributed by atoms with Gasteiger partial charge in [0.05, 0.1) is 0 Å². The molecule has 0 unspecified atom stereocenters. The number of hydrogen-bond acceptors (Lipinski definition) is 5. The van der Waals surface area contributed by atoms with Gasteiger partial charge < -0.3 is 5.73 Å². The van der Waals surface area contributed by atoms with Crippen molar-refractivity contribution >= 4 is 32.1 Å². The molecule has 2 aromatic rings. The van der Waals surface area contributed by atoms with Gasteiger partial charge in [0.2, 0.25) is 0 Å². The van der Waals surface area contributed by atoms with Gasteiger partial charge in [-0.05, 0) is 12.8 Å². The Morgan fingerprint density at radius 1 is 1.50 bits per heavy atom. The van der Waals surface area contributed by atoms with Crippen molar-refractivity contribution in [3.05, 3.63) is 11.6 Å². The lowest BCUT2D eigenvalue weighted by Gasteiger charge is -2.14. The van der Waals surface area contributed by atoms with E-state index in [9.17, 15) is 8.42 Å². The number of anilines is 1. The summed E-state index contributed by atoms with van der Waals surface area (Å²) in [6.45, 7) is 3.88. The zero-order chi connectivity index (χ0) is 13.3. The Kier molecular flexibility index (Phi) is 3.60. The van der Waals surface area contributed by atoms with Crippen LogP contribution in [0.25, 0.3) is 4.96 Å². The molecular weight excluding hydrogens is 272 g/mol. The summed E-state index contributed by atoms with van der Waals surface area (Å²) in [5.74, 6) is 0.0420. The second-order valence-electron chi connectivity index (χ2n) is 3.99. The van der Waals surface area contributed by atoms with E-state index in [1.54, 1.807) is 11.6 Å². The quantitative estimate of drug-likeness (QED) is 0.871. The summed E-state index contributed by atoms with van der Waals surface area (Å²) in [5, 5.41) is 1.81. The largest absolute Gasteiger partial charge is 0.381 e. The molecule has 0 bridgehead atoms. The Balaban J connectivity index is 2.46. The van der Waals surface area contributed by atoms with Gasteiger partial charge in [0.15, 0.2) is 15.8 Å². The average Bonchev–Trinajstić information content (AvgIpc) is 2.84. The minimum atomic E-state index is -3.64. The Labute approximate surface area is 110 Å². The summed E-state index contributed by atoms with van der Waals surface area (Å²) < 4.78 is 28.8. The average molecular weight is 288 g/mol. The number of nitrogens with two attached hydrogens (primary N) is 1. The lowest BCUT2D eigenvalue weighted by molar-refractivity contribution is 0.527. The Morgan fingerprint density at radius 2 is 2.17 bits per heavy atom. The normalized spacial score (nSPS) is 12.6. The lowest BCUT2D eigenvalue weighted by atomic mass is 10.2. The fraction of sp³-hybridized carbons (Fsp3) is 0.500. The van der Waals surface area contributed by atoms with Gasteiger partial charge in [-0.1, -0.05) is 13.8 Å². The summed E-state index contributed by atoms with van der Waals surface area (Å²) in [6.07, 6.45) is 3.13. The van der Waals surface area contributed by atoms with E-state index in [1.165, 1.54) is 15.7 Å². The highest BCUT2D eigenvalue weighted by molar-refractivity contribution is 7.89. The fourth-order valence-electron chi connectivity index (χ4n) is 1.78. The number of sulfonamides is 1. The standard InChI is InChI=1S/C10H16N4O2S2/c1-3-7(4-2)13-18(15,16)9-8(11)12-10-14(9)5-6-17-10/h5-7,13H,3-4,11H2,1-2H3. The zero-order valence-electron chi connectivity index (χ0n) is 10.3. The van der Waals surface area contributed by atoms with Crippen LogP contribution in [0.5, 0.6) is 0 Å². The van der Waals surface area contributed by atoms with Gasteiger partial charge in [0.1, 0.15) is 0 Å². The third kappa shape index (κ3) is 2.23. The van der Waals surface area contributed by atoms with Gasteiger partial charge in [0, 0.05) is 17.6 Å². The van der Waals surface area contributed by atoms with E-state index in [4.69, 9.17) is 5.73 Å². The van der Waals surface area contributed by atoms with Gasteiger partial charge in [-0.25, -0.2) is 18.1 Å². The summed E-state index contributed by atoms with van der Waals surface area (Å²) >= 11 is 1.35. The summed E-state index contributed by atoms with van der Waals surface area (Å²) in [6, 6.07) is -0.0846. The monoisotopic (exact) mass is 288 g/mol. The maximum atomic E-state index is 12.3. The van der Waals surface area contributed by atoms with E-state index in [-0.39, 0.29) is 16.9 Å². The summed E-state index contributed by atoms with van der Waals surface area (Å²) in [4.78, 5) is 4.62. The first kappa shape index (κ1) is 13.3. The molecular formula is C10H16N4O2S2. The van der Waals surface area contributed by atoms with Crippen molar-refractivity contribution in [3.63, 3.8) is 0 Å². The van der Waals surface area contributed by atoms with Crippen molar-refractivity contribution in [1.82, 2.24) is 14.1 Å². The fourth-order valence-corrected chi connectivity index (χ4v) is 4.17. The van der Waals surface area contributed by atoms with Crippen molar-refractivity contribution < 1.29 is 8.42 Å². The molecule has 100 valence electrons. The smallest absolute Gasteiger partial charge is 0.260 e. The van der Waals surface area contributed by atoms with E-state index in [1.807, 2.05) is 13.8 Å². The van der Waals surface area contributed by atoms with E-state index in [2.05, 4.69) is 9.71 Å². The lowest BCUT2D eigenvalue weighted by Crippen LogP contribution is -2.34. The molecule has 2 rings (SSSR count). The predicted molar refractivity (Wildman–Crippen MR) is 72.2 cm³/mol. The first-order valence-electron chi connectivity index (χ1n) is 5.73. The molecule has 0 aliphatic heterocycles. The molecule has 18 heavy (non-hydrogen) atoms. The van der Waals surface area contributed by atoms with Crippen molar-refractivity contribution in [3.8, 4) is 0 Å². The van der Waals surface area contributed by atoms with Gasteiger partial charge in [-0.15, -0.1) is 11.3 Å². The first-order valence-corrected chi connectivity index (χ1v) is 8.09. The van der Waals surface area contributed by atoms with E-state index >= 15 is 0 Å². The van der Waals surface area contributed by atoms with Crippen LogP contribution in [0.2, 0.25) is 0 Å². The summed E-state index contributed by atoms with van der Waals surface area (Å²) in [7, 11) is -3.64. The number of hydrogen-bond donors (Lipinski definition) is 2. The van der Waals surface area contributed by atoms with Crippen molar-refractivity contribution in [2.24, 2.45) is 0 Å². The van der Waals surface area contributed by atoms with Crippen LogP contribution < -0.4 is 10.5 Å². The highest BCUT2D eigenvalue weighted by Crippen LogP contribution is 2.23. The number of fused-ring (bicyclic) bond motifs is 1. The minimum Gasteiger partial charge on any atom is -0.381 e. The number of nitrogens with zero attached hydrogens (tertiary/aromatic N) is 2. The number of aromatic nitrogens is 2. The highest BCUT2D eigenvalue weighted by atomic mass is 32.2. The Hall–Kier alpha value is -1.12. The number of thiazole rings is 1. The molecule has 0 saturated carbocycles. The second kappa shape index (κ2) is 4.87. The maximum absolute atomic E-state index is 12.3. The molecule has 2 heterocycles. The molecule has 0 atom stereocenters. The molecule has 8 heteroatoms. The molecule has 0 fully saturated rings. The van der Waals surface area contributed by atoms with Crippen molar-refractivity contribution in [1.29, 1.82) is 0 Å². The van der Waals surface area contributed by atoms with Crippen LogP contribution in [-0.2, 0) is 10.0 Å². The van der Waals surface area contributed by atoms with E-state index in [0.29, 0.717) is 4.96 Å². The first-order chi connectivity index (χ1) is 8.49. The molecule has 0 saturated heterocycles. The topological polar surface area (TPSA) is 89.5 Å². The van der Waals surface area contributed by atoms with Crippen LogP contribution in [0.4, 0.5) is 5.82 Å². The van der Waals surface area contributed by atoms with Crippen LogP contribution in [0.3, 0.4) is 0 Å². The van der Waals surface area contributed by atoms with E-state index < -0.39 is 10.0 Å². The molecule has 3 N–H and O–H groups in total. The van der Waals surface area contributed by atoms with Crippen molar-refractivity contribution in [2.75, 3.05) is 5.73 Å². The number of imidazole rings is 1. The third-order valence-corrected chi connectivity index (χ3v) is 5.12. The number of nitrogens with one attached hydrogen (secondary N) is 1. The van der Waals surface area contributed by atoms with Crippen LogP contribution in [0.15, 0.2) is 16.6 Å². The Morgan fingerprint density at radius 3 is 2.78 bits per heavy atom. The van der Waals surface area contributed by atoms with E-state index in [0.717, 1.165) is 12.8 Å². The SMILES string of the molecule is CCC(CC)NS(=O)(=O)c1c(N)nc2sccn12. The minimum absolute atomic E-state index is 0.0330. The molecule has 6 nitrogen and oxygen atoms in total. The number of nitrogen functional groups attached to an aromatic ring is 1. The molecule has 0 aromatic carbocycles. The molecule has 2 aromatic heterocycles. The van der Waals surface area contributed by atoms with Gasteiger partial charge >= 0.3 is 0 Å². The highest BCUT2D eigenvalue weighted by Gasteiger charge is 2.26. The molecule has 0 aliphatic carbocycles. The van der Waals surface area contributed by atoms with Crippen LogP contribution >= 0.6 is 11.3 Å². The zero-order valence-corrected chi connectivity index (χ0v) is 11.9. The van der Waals surface area contributed by atoms with Gasteiger partial charge in [-0.2, -0.15) is 0 Å². The summed E-state index contributed by atoms with van der Waals surface area (Å²) in [5.41, 5.74) is 5.70. The third-order valence-electron chi connectivity index (χ3n) is 2.81. The van der Waals surface area contributed by atoms with Gasteiger partial charge in [0.25, 0.3) is 10.0 Å². The maximum Gasteiger partial charge on any atom is 0.260 e. The van der Waals surface area contributed by atoms with Crippen LogP contribution in [0, 0.1) is 0 Å². The number of rotatable bonds is 5. The van der Waals surface area contributed by atoms with Gasteiger partial charge in [-0.3, -0.25) is 4.40 Å². The Bertz CT molecular complexity index is 640. The second-order valence-corrected chi connectivity index (χ2v) is 6.49. The van der Waals surface area contributed by atoms with Crippen molar-refractivity contribution in [2.45, 2.75) is 37.8 Å². The molecule has 0 radical (unpaired) electrons. The molecule has 0 aliphatic rings. The van der Waals surface area contributed by atoms with Crippen LogP contribution in [-0.4, -0.2) is 23.8 Å².